The molecule has 0 spiro atoms. The van der Waals surface area contributed by atoms with E-state index in [1.165, 1.54) is 41.7 Å². The highest BCUT2D eigenvalue weighted by atomic mass is 79.9. The summed E-state index contributed by atoms with van der Waals surface area (Å²) in [6.45, 7) is 0. The summed E-state index contributed by atoms with van der Waals surface area (Å²) in [5, 5.41) is 20.5. The summed E-state index contributed by atoms with van der Waals surface area (Å²) in [4.78, 5) is 23.6. The maximum Gasteiger partial charge on any atom is 0.335 e. The van der Waals surface area contributed by atoms with Crippen LogP contribution in [0, 0.1) is 11.3 Å². The van der Waals surface area contributed by atoms with E-state index < -0.39 is 11.9 Å². The molecule has 0 saturated heterocycles. The normalized spacial score (nSPS) is 10.8. The van der Waals surface area contributed by atoms with Gasteiger partial charge in [0.25, 0.3) is 5.91 Å². The minimum Gasteiger partial charge on any atom is -0.478 e. The number of carbonyl (C=O) groups is 2. The van der Waals surface area contributed by atoms with Gasteiger partial charge < -0.3 is 10.4 Å². The average Bonchev–Trinajstić information content (AvgIpc) is 2.90. The molecular formula is C15H9BrN2O3S. The molecule has 0 fully saturated rings. The van der Waals surface area contributed by atoms with Gasteiger partial charge in [-0.1, -0.05) is 0 Å². The number of nitrogens with zero attached hydrogens (tertiary/aromatic N) is 1. The van der Waals surface area contributed by atoms with Gasteiger partial charge in [-0.25, -0.2) is 4.79 Å². The zero-order valence-corrected chi connectivity index (χ0v) is 13.4. The minimum atomic E-state index is -1.04. The van der Waals surface area contributed by atoms with Crippen LogP contribution in [0.4, 0.5) is 5.69 Å². The molecule has 2 N–H and O–H groups in total. The molecule has 1 aromatic carbocycles. The van der Waals surface area contributed by atoms with E-state index >= 15 is 0 Å². The number of rotatable bonds is 4. The number of aromatic carboxylic acids is 1. The number of nitriles is 1. The molecule has 0 aliphatic rings. The van der Waals surface area contributed by atoms with Crippen molar-refractivity contribution in [2.45, 2.75) is 0 Å². The maximum absolute atomic E-state index is 12.0. The van der Waals surface area contributed by atoms with Crippen LogP contribution >= 0.6 is 27.3 Å². The number of hydrogen-bond acceptors (Lipinski definition) is 4. The second kappa shape index (κ2) is 7.02. The van der Waals surface area contributed by atoms with Crippen LogP contribution in [0.5, 0.6) is 0 Å². The molecule has 7 heteroatoms. The van der Waals surface area contributed by atoms with Gasteiger partial charge >= 0.3 is 5.97 Å². The number of anilines is 1. The van der Waals surface area contributed by atoms with E-state index in [-0.39, 0.29) is 11.1 Å². The van der Waals surface area contributed by atoms with Gasteiger partial charge in [-0.2, -0.15) is 5.26 Å². The Morgan fingerprint density at radius 2 is 1.91 bits per heavy atom. The van der Waals surface area contributed by atoms with Crippen molar-refractivity contribution >= 4 is 50.9 Å². The second-order valence-corrected chi connectivity index (χ2v) is 6.64. The maximum atomic E-state index is 12.0. The Labute approximate surface area is 138 Å². The molecule has 2 aromatic rings. The van der Waals surface area contributed by atoms with E-state index in [1.807, 2.05) is 12.1 Å². The molecule has 0 aliphatic heterocycles. The predicted molar refractivity (Wildman–Crippen MR) is 87.6 cm³/mol. The van der Waals surface area contributed by atoms with Crippen molar-refractivity contribution in [2.24, 2.45) is 0 Å². The summed E-state index contributed by atoms with van der Waals surface area (Å²) in [6.07, 6.45) is 1.50. The molecule has 0 bridgehead atoms. The fraction of sp³-hybridized carbons (Fsp3) is 0. The zero-order chi connectivity index (χ0) is 16.1. The summed E-state index contributed by atoms with van der Waals surface area (Å²) < 4.78 is 0.903. The molecule has 22 heavy (non-hydrogen) atoms. The molecule has 5 nitrogen and oxygen atoms in total. The summed E-state index contributed by atoms with van der Waals surface area (Å²) >= 11 is 4.72. The molecule has 110 valence electrons. The van der Waals surface area contributed by atoms with Crippen LogP contribution in [-0.2, 0) is 4.79 Å². The molecule has 0 saturated carbocycles. The number of hydrogen-bond donors (Lipinski definition) is 2. The van der Waals surface area contributed by atoms with Crippen molar-refractivity contribution in [3.05, 3.63) is 56.2 Å². The van der Waals surface area contributed by atoms with Gasteiger partial charge in [0.05, 0.1) is 9.35 Å². The number of nitrogens with one attached hydrogen (secondary N) is 1. The molecule has 1 heterocycles. The van der Waals surface area contributed by atoms with Crippen LogP contribution in [0.15, 0.2) is 45.8 Å². The van der Waals surface area contributed by atoms with E-state index in [0.717, 1.165) is 8.66 Å². The summed E-state index contributed by atoms with van der Waals surface area (Å²) in [7, 11) is 0. The van der Waals surface area contributed by atoms with Gasteiger partial charge in [0.2, 0.25) is 0 Å². The monoisotopic (exact) mass is 376 g/mol. The number of amides is 1. The minimum absolute atomic E-state index is 0.0309. The second-order valence-electron chi connectivity index (χ2n) is 4.15. The highest BCUT2D eigenvalue weighted by molar-refractivity contribution is 9.11. The van der Waals surface area contributed by atoms with Crippen LogP contribution in [-0.4, -0.2) is 17.0 Å². The van der Waals surface area contributed by atoms with Crippen molar-refractivity contribution in [2.75, 3.05) is 5.32 Å². The largest absolute Gasteiger partial charge is 0.478 e. The third kappa shape index (κ3) is 4.04. The molecule has 0 aliphatic carbocycles. The Hall–Kier alpha value is -2.43. The van der Waals surface area contributed by atoms with Crippen LogP contribution in [0.2, 0.25) is 0 Å². The van der Waals surface area contributed by atoms with Gasteiger partial charge in [0, 0.05) is 10.6 Å². The zero-order valence-electron chi connectivity index (χ0n) is 11.0. The first kappa shape index (κ1) is 15.9. The van der Waals surface area contributed by atoms with Gasteiger partial charge in [0.1, 0.15) is 11.6 Å². The third-order valence-corrected chi connectivity index (χ3v) is 4.21. The lowest BCUT2D eigenvalue weighted by molar-refractivity contribution is -0.112. The first-order chi connectivity index (χ1) is 10.5. The standard InChI is InChI=1S/C15H9BrN2O3S/c16-13-6-5-12(22-13)7-10(8-17)14(19)18-11-3-1-9(2-4-11)15(20)21/h1-7H,(H,18,19)(H,20,21). The predicted octanol–water partition coefficient (Wildman–Crippen LogP) is 3.75. The van der Waals surface area contributed by atoms with Crippen molar-refractivity contribution in [1.29, 1.82) is 5.26 Å². The molecule has 2 rings (SSSR count). The number of carboxylic acids is 1. The Bertz CT molecular complexity index is 788. The summed E-state index contributed by atoms with van der Waals surface area (Å²) in [5.74, 6) is -1.59. The lowest BCUT2D eigenvalue weighted by Crippen LogP contribution is -2.13. The van der Waals surface area contributed by atoms with E-state index in [9.17, 15) is 9.59 Å². The average molecular weight is 377 g/mol. The quantitative estimate of drug-likeness (QED) is 0.627. The van der Waals surface area contributed by atoms with Gasteiger partial charge in [-0.15, -0.1) is 11.3 Å². The van der Waals surface area contributed by atoms with Crippen molar-refractivity contribution in [3.63, 3.8) is 0 Å². The molecule has 1 aromatic heterocycles. The molecule has 0 radical (unpaired) electrons. The lowest BCUT2D eigenvalue weighted by Gasteiger charge is -2.04. The highest BCUT2D eigenvalue weighted by Crippen LogP contribution is 2.24. The fourth-order valence-electron chi connectivity index (χ4n) is 1.59. The van der Waals surface area contributed by atoms with Crippen molar-refractivity contribution in [3.8, 4) is 6.07 Å². The van der Waals surface area contributed by atoms with Gasteiger partial charge in [-0.3, -0.25) is 4.79 Å². The van der Waals surface area contributed by atoms with E-state index in [0.29, 0.717) is 5.69 Å². The lowest BCUT2D eigenvalue weighted by atomic mass is 10.2. The number of benzene rings is 1. The summed E-state index contributed by atoms with van der Waals surface area (Å²) in [6, 6.07) is 11.2. The first-order valence-corrected chi connectivity index (χ1v) is 7.62. The number of thiophene rings is 1. The summed E-state index contributed by atoms with van der Waals surface area (Å²) in [5.41, 5.74) is 0.512. The third-order valence-electron chi connectivity index (χ3n) is 2.64. The molecule has 0 atom stereocenters. The smallest absolute Gasteiger partial charge is 0.335 e. The van der Waals surface area contributed by atoms with Crippen molar-refractivity contribution < 1.29 is 14.7 Å². The highest BCUT2D eigenvalue weighted by Gasteiger charge is 2.11. The van der Waals surface area contributed by atoms with E-state index in [4.69, 9.17) is 10.4 Å². The molecule has 0 unspecified atom stereocenters. The van der Waals surface area contributed by atoms with Crippen molar-refractivity contribution in [1.82, 2.24) is 0 Å². The first-order valence-electron chi connectivity index (χ1n) is 6.01. The van der Waals surface area contributed by atoms with Crippen LogP contribution in [0.3, 0.4) is 0 Å². The Balaban J connectivity index is 2.14. The Kier molecular flexibility index (Phi) is 5.09. The van der Waals surface area contributed by atoms with Gasteiger partial charge in [-0.05, 0) is 58.4 Å². The Morgan fingerprint density at radius 1 is 1.23 bits per heavy atom. The van der Waals surface area contributed by atoms with E-state index in [2.05, 4.69) is 21.2 Å². The SMILES string of the molecule is N#CC(=Cc1ccc(Br)s1)C(=O)Nc1ccc(C(=O)O)cc1. The number of carbonyl (C=O) groups excluding carboxylic acids is 1. The van der Waals surface area contributed by atoms with Gasteiger partial charge in [0.15, 0.2) is 0 Å². The van der Waals surface area contributed by atoms with Crippen LogP contribution < -0.4 is 5.32 Å². The number of carboxylic acid groups (broad SMARTS) is 1. The Morgan fingerprint density at radius 3 is 2.41 bits per heavy atom. The molecule has 1 amide bonds. The molecular weight excluding hydrogens is 368 g/mol. The van der Waals surface area contributed by atoms with Crippen LogP contribution in [0.1, 0.15) is 15.2 Å². The fourth-order valence-corrected chi connectivity index (χ4v) is 2.96. The van der Waals surface area contributed by atoms with Crippen LogP contribution in [0.25, 0.3) is 6.08 Å². The van der Waals surface area contributed by atoms with E-state index in [1.54, 1.807) is 6.07 Å². The topological polar surface area (TPSA) is 90.2 Å². The number of halogens is 1.